The van der Waals surface area contributed by atoms with Gasteiger partial charge in [-0.05, 0) is 64.5 Å². The second kappa shape index (κ2) is 17.7. The first-order chi connectivity index (χ1) is 24.5. The molecule has 4 rings (SSSR count). The Morgan fingerprint density at radius 3 is 1.49 bits per heavy atom. The highest BCUT2D eigenvalue weighted by atomic mass is 79.9. The molecule has 0 aliphatic carbocycles. The molecule has 0 radical (unpaired) electrons. The number of hydrogen-bond donors (Lipinski definition) is 0. The first-order valence-corrected chi connectivity index (χ1v) is 18.9. The molecule has 24 heteroatoms. The number of nitrogens with zero attached hydrogens (tertiary/aromatic N) is 4. The maximum Gasteiger partial charge on any atom is 0.417 e. The summed E-state index contributed by atoms with van der Waals surface area (Å²) in [5, 5.41) is -1.12. The number of hydrogen-bond acceptors (Lipinski definition) is 9. The summed E-state index contributed by atoms with van der Waals surface area (Å²) in [6, 6.07) is 6.86. The number of ether oxygens (including phenoxy) is 2. The van der Waals surface area contributed by atoms with Gasteiger partial charge < -0.3 is 9.47 Å². The van der Waals surface area contributed by atoms with Crippen LogP contribution in [0.25, 0.3) is 0 Å². The highest BCUT2D eigenvalue weighted by molar-refractivity contribution is 9.10. The van der Waals surface area contributed by atoms with Crippen LogP contribution in [-0.2, 0) is 41.9 Å². The third kappa shape index (κ3) is 10.6. The molecule has 0 N–H and O–H groups in total. The molecule has 0 unspecified atom stereocenters. The Balaban J connectivity index is 0.000000286. The average molecular weight is 937 g/mol. The van der Waals surface area contributed by atoms with Crippen LogP contribution in [0, 0.1) is 0 Å². The molecule has 0 spiro atoms. The molecule has 0 saturated carbocycles. The lowest BCUT2D eigenvalue weighted by Gasteiger charge is -2.25. The molecule has 0 aliphatic rings. The van der Waals surface area contributed by atoms with E-state index in [2.05, 4.69) is 25.9 Å². The van der Waals surface area contributed by atoms with Crippen LogP contribution in [0.1, 0.15) is 21.6 Å². The Kier molecular flexibility index (Phi) is 14.8. The summed E-state index contributed by atoms with van der Waals surface area (Å²) in [6.45, 7) is -1.08. The van der Waals surface area contributed by atoms with Crippen molar-refractivity contribution in [3.63, 3.8) is 0 Å². The first kappa shape index (κ1) is 44.4. The van der Waals surface area contributed by atoms with Gasteiger partial charge in [0.1, 0.15) is 23.8 Å². The van der Waals surface area contributed by atoms with Gasteiger partial charge >= 0.3 is 12.4 Å². The van der Waals surface area contributed by atoms with Crippen LogP contribution < -0.4 is 8.61 Å². The topological polar surface area (TPSA) is 136 Å². The van der Waals surface area contributed by atoms with Gasteiger partial charge in [-0.25, -0.2) is 35.4 Å². The number of pyridine rings is 2. The largest absolute Gasteiger partial charge is 0.417 e. The highest BCUT2D eigenvalue weighted by Crippen LogP contribution is 2.39. The summed E-state index contributed by atoms with van der Waals surface area (Å²) in [6.07, 6.45) is -6.99. The summed E-state index contributed by atoms with van der Waals surface area (Å²) < 4.78 is 141. The van der Waals surface area contributed by atoms with Gasteiger partial charge in [-0.15, -0.1) is 0 Å². The standard InChI is InChI=1S/C15H11Cl2F3N2O4S.C14H10BrCl2F3N2O3S/c1-26-8-22(14-4-9(16)6-21-13(14)7-23)27(24,25)10-2-3-12(17)11(5-10)15(18,19)20;1-25-7-22(12-4-8(16)6-21-13(12)15)26(23,24)9-2-3-11(17)10(5-9)14(18,19)20/h2-7H,8H2,1H3;2-6H,7H2,1H3. The van der Waals surface area contributed by atoms with Gasteiger partial charge in [-0.2, -0.15) is 26.3 Å². The zero-order chi connectivity index (χ0) is 40.1. The molecule has 11 nitrogen and oxygen atoms in total. The zero-order valence-corrected chi connectivity index (χ0v) is 32.6. The van der Waals surface area contributed by atoms with Crippen LogP contribution in [0.4, 0.5) is 37.7 Å². The molecule has 2 aromatic carbocycles. The molecule has 0 atom stereocenters. The van der Waals surface area contributed by atoms with Gasteiger partial charge in [0.05, 0.1) is 52.4 Å². The number of rotatable bonds is 11. The smallest absolute Gasteiger partial charge is 0.363 e. The highest BCUT2D eigenvalue weighted by Gasteiger charge is 2.37. The van der Waals surface area contributed by atoms with Gasteiger partial charge in [0, 0.05) is 26.6 Å². The first-order valence-electron chi connectivity index (χ1n) is 13.7. The second-order valence-corrected chi connectivity index (χ2v) is 16.1. The zero-order valence-electron chi connectivity index (χ0n) is 26.4. The van der Waals surface area contributed by atoms with Gasteiger partial charge in [0.25, 0.3) is 20.0 Å². The summed E-state index contributed by atoms with van der Waals surface area (Å²) in [4.78, 5) is 17.5. The Morgan fingerprint density at radius 2 is 1.09 bits per heavy atom. The van der Waals surface area contributed by atoms with Gasteiger partial charge in [-0.3, -0.25) is 4.79 Å². The van der Waals surface area contributed by atoms with E-state index in [9.17, 15) is 48.0 Å². The number of sulfonamides is 2. The molecule has 2 aromatic heterocycles. The fraction of sp³-hybridized carbons (Fsp3) is 0.207. The van der Waals surface area contributed by atoms with E-state index in [0.717, 1.165) is 40.8 Å². The third-order valence-corrected chi connectivity index (χ3v) is 11.6. The molecule has 0 amide bonds. The van der Waals surface area contributed by atoms with E-state index >= 15 is 0 Å². The van der Waals surface area contributed by atoms with Crippen LogP contribution in [-0.4, -0.2) is 60.8 Å². The van der Waals surface area contributed by atoms with E-state index in [1.807, 2.05) is 0 Å². The van der Waals surface area contributed by atoms with E-state index in [1.165, 1.54) is 26.5 Å². The molecule has 0 fully saturated rings. The summed E-state index contributed by atoms with van der Waals surface area (Å²) >= 11 is 25.8. The van der Waals surface area contributed by atoms with E-state index in [1.54, 1.807) is 0 Å². The maximum atomic E-state index is 13.1. The lowest BCUT2D eigenvalue weighted by molar-refractivity contribution is -0.138. The summed E-state index contributed by atoms with van der Waals surface area (Å²) in [5.74, 6) is 0. The van der Waals surface area contributed by atoms with Crippen molar-refractivity contribution in [3.05, 3.63) is 102 Å². The van der Waals surface area contributed by atoms with E-state index in [-0.39, 0.29) is 38.0 Å². The fourth-order valence-electron chi connectivity index (χ4n) is 4.11. The van der Waals surface area contributed by atoms with Crippen LogP contribution in [0.15, 0.2) is 75.3 Å². The number of carbonyl (C=O) groups excluding carboxylic acids is 1. The molecule has 2 heterocycles. The van der Waals surface area contributed by atoms with Gasteiger partial charge in [0.15, 0.2) is 6.29 Å². The minimum Gasteiger partial charge on any atom is -0.363 e. The molecular formula is C29H21BrCl4F6N4O7S2. The number of alkyl halides is 6. The third-order valence-electron chi connectivity index (χ3n) is 6.46. The minimum absolute atomic E-state index is 0.00265. The molecule has 0 bridgehead atoms. The molecule has 4 aromatic rings. The van der Waals surface area contributed by atoms with E-state index in [0.29, 0.717) is 16.4 Å². The lowest BCUT2D eigenvalue weighted by atomic mass is 10.2. The van der Waals surface area contributed by atoms with Crippen molar-refractivity contribution in [3.8, 4) is 0 Å². The minimum atomic E-state index is -4.86. The van der Waals surface area contributed by atoms with Crippen molar-refractivity contribution in [1.29, 1.82) is 0 Å². The normalized spacial score (nSPS) is 12.2. The summed E-state index contributed by atoms with van der Waals surface area (Å²) in [5.41, 5.74) is -3.11. The number of aromatic nitrogens is 2. The number of carbonyl (C=O) groups is 1. The van der Waals surface area contributed by atoms with Crippen molar-refractivity contribution in [2.75, 3.05) is 36.3 Å². The number of methoxy groups -OCH3 is 2. The Labute approximate surface area is 326 Å². The van der Waals surface area contributed by atoms with Crippen LogP contribution in [0.3, 0.4) is 0 Å². The molecule has 288 valence electrons. The monoisotopic (exact) mass is 934 g/mol. The van der Waals surface area contributed by atoms with E-state index in [4.69, 9.17) is 55.9 Å². The van der Waals surface area contributed by atoms with E-state index < -0.39 is 76.8 Å². The van der Waals surface area contributed by atoms with Crippen molar-refractivity contribution >= 4 is 100 Å². The molecule has 53 heavy (non-hydrogen) atoms. The molecular weight excluding hydrogens is 916 g/mol. The number of benzene rings is 2. The second-order valence-electron chi connectivity index (χ2n) is 9.96. The fourth-order valence-corrected chi connectivity index (χ4v) is 8.22. The van der Waals surface area contributed by atoms with Crippen LogP contribution in [0.5, 0.6) is 0 Å². The van der Waals surface area contributed by atoms with Crippen LogP contribution >= 0.6 is 62.3 Å². The molecule has 0 saturated heterocycles. The Morgan fingerprint density at radius 1 is 0.698 bits per heavy atom. The predicted molar refractivity (Wildman–Crippen MR) is 188 cm³/mol. The Bertz CT molecular complexity index is 2200. The summed E-state index contributed by atoms with van der Waals surface area (Å²) in [7, 11) is -6.60. The SMILES string of the molecule is COCN(c1cc(Cl)cnc1Br)S(=O)(=O)c1ccc(Cl)c(C(F)(F)F)c1.COCN(c1cc(Cl)cnc1C=O)S(=O)(=O)c1ccc(Cl)c(C(F)(F)F)c1. The number of anilines is 2. The van der Waals surface area contributed by atoms with Gasteiger partial charge in [-0.1, -0.05) is 46.4 Å². The van der Waals surface area contributed by atoms with Crippen molar-refractivity contribution in [2.24, 2.45) is 0 Å². The van der Waals surface area contributed by atoms with Gasteiger partial charge in [0.2, 0.25) is 0 Å². The molecule has 0 aliphatic heterocycles. The number of aldehydes is 1. The predicted octanol–water partition coefficient (Wildman–Crippen LogP) is 8.99. The van der Waals surface area contributed by atoms with Crippen molar-refractivity contribution in [1.82, 2.24) is 9.97 Å². The average Bonchev–Trinajstić information content (AvgIpc) is 3.06. The van der Waals surface area contributed by atoms with Crippen LogP contribution in [0.2, 0.25) is 20.1 Å². The maximum absolute atomic E-state index is 13.1. The van der Waals surface area contributed by atoms with Crippen molar-refractivity contribution < 1.29 is 57.4 Å². The lowest BCUT2D eigenvalue weighted by Crippen LogP contribution is -2.34. The Hall–Kier alpha value is -2.95. The number of halogens is 11. The quantitative estimate of drug-likeness (QED) is 0.0625. The van der Waals surface area contributed by atoms with Crippen molar-refractivity contribution in [2.45, 2.75) is 22.1 Å².